The average molecular weight is 299 g/mol. The van der Waals surface area contributed by atoms with Gasteiger partial charge in [-0.3, -0.25) is 4.79 Å². The van der Waals surface area contributed by atoms with Crippen LogP contribution in [0.4, 0.5) is 4.79 Å². The second-order valence-corrected chi connectivity index (χ2v) is 5.98. The number of carboxylic acid groups (broad SMARTS) is 1. The van der Waals surface area contributed by atoms with E-state index in [1.54, 1.807) is 11.8 Å². The standard InChI is InChI=1S/C14H25N3O4/c1-10(11(18)17-8-6-5-7-9-17)15-13(21)16(4)14(2,3)12(19)20/h10H,5-9H2,1-4H3,(H,15,21)(H,19,20). The van der Waals surface area contributed by atoms with Gasteiger partial charge < -0.3 is 20.2 Å². The Morgan fingerprint density at radius 3 is 2.19 bits per heavy atom. The summed E-state index contributed by atoms with van der Waals surface area (Å²) in [5, 5.41) is 11.7. The Hall–Kier alpha value is -1.79. The number of carbonyl (C=O) groups excluding carboxylic acids is 2. The summed E-state index contributed by atoms with van der Waals surface area (Å²) in [6.45, 7) is 5.93. The molecule has 0 spiro atoms. The maximum Gasteiger partial charge on any atom is 0.329 e. The summed E-state index contributed by atoms with van der Waals surface area (Å²) in [7, 11) is 1.40. The molecule has 1 rings (SSSR count). The number of likely N-dealkylation sites (N-methyl/N-ethyl adjacent to an activating group) is 1. The van der Waals surface area contributed by atoms with Crippen LogP contribution in [0.3, 0.4) is 0 Å². The van der Waals surface area contributed by atoms with E-state index < -0.39 is 23.6 Å². The molecule has 1 atom stereocenters. The molecule has 1 aliphatic heterocycles. The van der Waals surface area contributed by atoms with E-state index in [2.05, 4.69) is 5.32 Å². The number of piperidine rings is 1. The van der Waals surface area contributed by atoms with Crippen molar-refractivity contribution in [1.29, 1.82) is 0 Å². The van der Waals surface area contributed by atoms with Gasteiger partial charge >= 0.3 is 12.0 Å². The predicted molar refractivity (Wildman–Crippen MR) is 77.9 cm³/mol. The molecule has 1 unspecified atom stereocenters. The third-order valence-electron chi connectivity index (χ3n) is 4.04. The minimum absolute atomic E-state index is 0.121. The van der Waals surface area contributed by atoms with E-state index in [4.69, 9.17) is 5.11 Å². The molecule has 3 amide bonds. The van der Waals surface area contributed by atoms with Gasteiger partial charge in [-0.2, -0.15) is 0 Å². The summed E-state index contributed by atoms with van der Waals surface area (Å²) in [5.74, 6) is -1.22. The monoisotopic (exact) mass is 299 g/mol. The van der Waals surface area contributed by atoms with E-state index in [1.165, 1.54) is 20.9 Å². The summed E-state index contributed by atoms with van der Waals surface area (Å²) in [5.41, 5.74) is -1.34. The lowest BCUT2D eigenvalue weighted by Gasteiger charge is -2.34. The van der Waals surface area contributed by atoms with Crippen molar-refractivity contribution in [3.05, 3.63) is 0 Å². The number of carboxylic acids is 1. The van der Waals surface area contributed by atoms with Crippen LogP contribution in [0.25, 0.3) is 0 Å². The van der Waals surface area contributed by atoms with Crippen molar-refractivity contribution in [2.24, 2.45) is 0 Å². The van der Waals surface area contributed by atoms with Crippen LogP contribution in [0.1, 0.15) is 40.0 Å². The molecule has 0 aromatic carbocycles. The van der Waals surface area contributed by atoms with Crippen LogP contribution in [0.15, 0.2) is 0 Å². The highest BCUT2D eigenvalue weighted by atomic mass is 16.4. The predicted octanol–water partition coefficient (Wildman–Crippen LogP) is 0.892. The van der Waals surface area contributed by atoms with Gasteiger partial charge in [-0.15, -0.1) is 0 Å². The summed E-state index contributed by atoms with van der Waals surface area (Å²) in [6.07, 6.45) is 3.09. The number of likely N-dealkylation sites (tertiary alicyclic amines) is 1. The first kappa shape index (κ1) is 17.3. The van der Waals surface area contributed by atoms with E-state index in [1.807, 2.05) is 0 Å². The SMILES string of the molecule is CC(NC(=O)N(C)C(C)(C)C(=O)O)C(=O)N1CCCCC1. The van der Waals surface area contributed by atoms with Crippen LogP contribution < -0.4 is 5.32 Å². The normalized spacial score (nSPS) is 17.0. The fraction of sp³-hybridized carbons (Fsp3) is 0.786. The van der Waals surface area contributed by atoms with Crippen molar-refractivity contribution in [2.75, 3.05) is 20.1 Å². The molecule has 0 radical (unpaired) electrons. The van der Waals surface area contributed by atoms with Gasteiger partial charge in [0.2, 0.25) is 5.91 Å². The van der Waals surface area contributed by atoms with Gasteiger partial charge in [0, 0.05) is 20.1 Å². The van der Waals surface area contributed by atoms with Gasteiger partial charge in [-0.25, -0.2) is 9.59 Å². The van der Waals surface area contributed by atoms with Gasteiger partial charge in [0.25, 0.3) is 0 Å². The molecule has 1 heterocycles. The van der Waals surface area contributed by atoms with E-state index in [0.29, 0.717) is 0 Å². The number of amides is 3. The molecular weight excluding hydrogens is 274 g/mol. The quantitative estimate of drug-likeness (QED) is 0.806. The second kappa shape index (κ2) is 6.78. The third kappa shape index (κ3) is 4.09. The van der Waals surface area contributed by atoms with E-state index >= 15 is 0 Å². The topological polar surface area (TPSA) is 90.0 Å². The fourth-order valence-corrected chi connectivity index (χ4v) is 2.13. The van der Waals surface area contributed by atoms with Crippen molar-refractivity contribution >= 4 is 17.9 Å². The number of rotatable bonds is 4. The molecule has 2 N–H and O–H groups in total. The van der Waals surface area contributed by atoms with Gasteiger partial charge in [0.05, 0.1) is 0 Å². The zero-order chi connectivity index (χ0) is 16.2. The van der Waals surface area contributed by atoms with E-state index in [-0.39, 0.29) is 5.91 Å². The molecule has 0 aromatic rings. The van der Waals surface area contributed by atoms with Crippen molar-refractivity contribution in [3.63, 3.8) is 0 Å². The molecule has 0 bridgehead atoms. The molecule has 21 heavy (non-hydrogen) atoms. The summed E-state index contributed by atoms with van der Waals surface area (Å²) in [6, 6.07) is -1.23. The number of nitrogens with zero attached hydrogens (tertiary/aromatic N) is 2. The lowest BCUT2D eigenvalue weighted by atomic mass is 10.0. The molecule has 7 nitrogen and oxygen atoms in total. The first-order valence-electron chi connectivity index (χ1n) is 7.24. The Morgan fingerprint density at radius 1 is 1.19 bits per heavy atom. The molecule has 0 aliphatic carbocycles. The number of hydrogen-bond donors (Lipinski definition) is 2. The highest BCUT2D eigenvalue weighted by Crippen LogP contribution is 2.13. The first-order chi connectivity index (χ1) is 9.67. The van der Waals surface area contributed by atoms with Crippen LogP contribution in [-0.4, -0.2) is 64.5 Å². The summed E-state index contributed by atoms with van der Waals surface area (Å²) >= 11 is 0. The number of carbonyl (C=O) groups is 3. The van der Waals surface area contributed by atoms with Crippen LogP contribution in [0.5, 0.6) is 0 Å². The molecule has 1 aliphatic rings. The molecule has 120 valence electrons. The zero-order valence-corrected chi connectivity index (χ0v) is 13.2. The fourth-order valence-electron chi connectivity index (χ4n) is 2.13. The number of urea groups is 1. The highest BCUT2D eigenvalue weighted by Gasteiger charge is 2.36. The lowest BCUT2D eigenvalue weighted by molar-refractivity contribution is -0.146. The maximum absolute atomic E-state index is 12.2. The Labute approximate surface area is 125 Å². The summed E-state index contributed by atoms with van der Waals surface area (Å²) < 4.78 is 0. The highest BCUT2D eigenvalue weighted by molar-refractivity contribution is 5.89. The number of aliphatic carboxylic acids is 1. The van der Waals surface area contributed by atoms with Crippen LogP contribution in [0, 0.1) is 0 Å². The molecule has 1 saturated heterocycles. The largest absolute Gasteiger partial charge is 0.480 e. The van der Waals surface area contributed by atoms with E-state index in [9.17, 15) is 14.4 Å². The summed E-state index contributed by atoms with van der Waals surface area (Å²) in [4.78, 5) is 38.3. The number of hydrogen-bond acceptors (Lipinski definition) is 3. The van der Waals surface area contributed by atoms with Crippen LogP contribution in [-0.2, 0) is 9.59 Å². The van der Waals surface area contributed by atoms with Crippen molar-refractivity contribution in [1.82, 2.24) is 15.1 Å². The van der Waals surface area contributed by atoms with Gasteiger partial charge in [0.15, 0.2) is 0 Å². The minimum Gasteiger partial charge on any atom is -0.480 e. The Bertz CT molecular complexity index is 416. The lowest BCUT2D eigenvalue weighted by Crippen LogP contribution is -2.57. The maximum atomic E-state index is 12.2. The Kier molecular flexibility index (Phi) is 5.57. The van der Waals surface area contributed by atoms with E-state index in [0.717, 1.165) is 37.3 Å². The van der Waals surface area contributed by atoms with Gasteiger partial charge in [-0.05, 0) is 40.0 Å². The first-order valence-corrected chi connectivity index (χ1v) is 7.24. The molecular formula is C14H25N3O4. The molecule has 0 aromatic heterocycles. The molecule has 1 fully saturated rings. The number of nitrogens with one attached hydrogen (secondary N) is 1. The van der Waals surface area contributed by atoms with Gasteiger partial charge in [0.1, 0.15) is 11.6 Å². The zero-order valence-electron chi connectivity index (χ0n) is 13.2. The average Bonchev–Trinajstić information content (AvgIpc) is 2.46. The smallest absolute Gasteiger partial charge is 0.329 e. The van der Waals surface area contributed by atoms with Crippen molar-refractivity contribution < 1.29 is 19.5 Å². The molecule has 7 heteroatoms. The van der Waals surface area contributed by atoms with Crippen LogP contribution in [0.2, 0.25) is 0 Å². The third-order valence-corrected chi connectivity index (χ3v) is 4.04. The Balaban J connectivity index is 2.60. The van der Waals surface area contributed by atoms with Gasteiger partial charge in [-0.1, -0.05) is 0 Å². The van der Waals surface area contributed by atoms with Crippen LogP contribution >= 0.6 is 0 Å². The minimum atomic E-state index is -1.34. The second-order valence-electron chi connectivity index (χ2n) is 5.98. The molecule has 0 saturated carbocycles. The Morgan fingerprint density at radius 2 is 1.71 bits per heavy atom. The van der Waals surface area contributed by atoms with Crippen molar-refractivity contribution in [3.8, 4) is 0 Å². The van der Waals surface area contributed by atoms with Crippen molar-refractivity contribution in [2.45, 2.75) is 51.6 Å².